The Morgan fingerprint density at radius 1 is 0.975 bits per heavy atom. The monoisotopic (exact) mass is 554 g/mol. The number of amides is 2. The zero-order valence-corrected chi connectivity index (χ0v) is 20.4. The minimum Gasteiger partial charge on any atom is -0.408 e. The lowest BCUT2D eigenvalue weighted by molar-refractivity contribution is -0.286. The number of rotatable bonds is 6. The number of ether oxygens (including phenoxy) is 2. The Bertz CT molecular complexity index is 1900. The summed E-state index contributed by atoms with van der Waals surface area (Å²) in [5.41, 5.74) is 1.19. The Hall–Kier alpha value is -5.34. The third-order valence-corrected chi connectivity index (χ3v) is 6.12. The van der Waals surface area contributed by atoms with Gasteiger partial charge in [0.25, 0.3) is 11.8 Å². The highest BCUT2D eigenvalue weighted by molar-refractivity contribution is 5.98. The number of hydrogen-bond acceptors (Lipinski definition) is 8. The van der Waals surface area contributed by atoms with E-state index in [0.717, 1.165) is 16.8 Å². The fourth-order valence-electron chi connectivity index (χ4n) is 4.15. The third-order valence-electron chi connectivity index (χ3n) is 6.12. The van der Waals surface area contributed by atoms with Crippen molar-refractivity contribution in [3.8, 4) is 11.5 Å². The van der Waals surface area contributed by atoms with Gasteiger partial charge in [-0.1, -0.05) is 12.1 Å². The molecule has 2 amide bonds. The minimum absolute atomic E-state index is 0.0352. The number of carbonyl (C=O) groups excluding carboxylic acids is 2. The molecule has 0 aliphatic carbocycles. The van der Waals surface area contributed by atoms with Gasteiger partial charge in [0.2, 0.25) is 0 Å². The first kappa shape index (κ1) is 25.0. The molecule has 0 fully saturated rings. The molecule has 204 valence electrons. The van der Waals surface area contributed by atoms with Crippen LogP contribution >= 0.6 is 0 Å². The van der Waals surface area contributed by atoms with E-state index in [1.165, 1.54) is 22.8 Å². The normalized spacial score (nSPS) is 13.6. The fraction of sp³-hybridized carbons (Fsp3) is 0.160. The molecule has 40 heavy (non-hydrogen) atoms. The first-order chi connectivity index (χ1) is 19.1. The molecule has 0 spiro atoms. The van der Waals surface area contributed by atoms with Gasteiger partial charge in [-0.05, 0) is 35.4 Å². The molecule has 6 rings (SSSR count). The molecule has 0 saturated carbocycles. The molecule has 15 heteroatoms. The number of hydrogen-bond donors (Lipinski definition) is 2. The lowest BCUT2D eigenvalue weighted by Crippen LogP contribution is -2.28. The highest BCUT2D eigenvalue weighted by Crippen LogP contribution is 2.41. The summed E-state index contributed by atoms with van der Waals surface area (Å²) in [6.07, 6.45) is -2.93. The first-order valence-electron chi connectivity index (χ1n) is 11.7. The molecule has 2 aromatic carbocycles. The Morgan fingerprint density at radius 2 is 1.68 bits per heavy atom. The predicted octanol–water partition coefficient (Wildman–Crippen LogP) is 2.49. The van der Waals surface area contributed by atoms with Crippen LogP contribution in [0.3, 0.4) is 0 Å². The van der Waals surface area contributed by atoms with Crippen LogP contribution in [0.25, 0.3) is 16.7 Å². The van der Waals surface area contributed by atoms with Gasteiger partial charge >= 0.3 is 12.1 Å². The number of aryl methyl sites for hydroxylation is 1. The van der Waals surface area contributed by atoms with Gasteiger partial charge in [-0.15, -0.1) is 8.78 Å². The maximum atomic E-state index is 14.4. The Labute approximate surface area is 220 Å². The van der Waals surface area contributed by atoms with Crippen LogP contribution in [0.4, 0.5) is 13.2 Å². The number of fused-ring (bicyclic) bond motifs is 3. The topological polar surface area (TPSA) is 142 Å². The number of nitrogens with one attached hydrogen (secondary N) is 2. The molecule has 0 atom stereocenters. The Morgan fingerprint density at radius 3 is 2.48 bits per heavy atom. The zero-order valence-electron chi connectivity index (χ0n) is 20.4. The van der Waals surface area contributed by atoms with E-state index in [-0.39, 0.29) is 41.6 Å². The molecule has 0 bridgehead atoms. The second-order valence-electron chi connectivity index (χ2n) is 8.80. The molecule has 0 saturated heterocycles. The fourth-order valence-corrected chi connectivity index (χ4v) is 4.15. The van der Waals surface area contributed by atoms with Crippen molar-refractivity contribution >= 4 is 28.6 Å². The number of alkyl halides is 2. The summed E-state index contributed by atoms with van der Waals surface area (Å²) in [4.78, 5) is 41.7. The van der Waals surface area contributed by atoms with E-state index in [4.69, 9.17) is 4.42 Å². The molecular weight excluding hydrogens is 537 g/mol. The van der Waals surface area contributed by atoms with Crippen LogP contribution in [0, 0.1) is 5.82 Å². The summed E-state index contributed by atoms with van der Waals surface area (Å²) < 4.78 is 57.1. The standard InChI is InChI=1S/C25H17F3N6O6/c1-33-16-6-12(2-4-18(16)38-24(33)37)9-29-22(35)15-8-17(34-21(32-15)14(26)11-31-34)23(36)30-10-13-3-5-19-20(7-13)40-25(27,28)39-19/h2-8,11H,9-10H2,1H3,(H,29,35)(H,30,36). The van der Waals surface area contributed by atoms with Crippen molar-refractivity contribution in [2.24, 2.45) is 7.05 Å². The van der Waals surface area contributed by atoms with Crippen LogP contribution in [0.2, 0.25) is 0 Å². The van der Waals surface area contributed by atoms with Crippen LogP contribution in [0.1, 0.15) is 32.1 Å². The van der Waals surface area contributed by atoms with Crippen molar-refractivity contribution in [3.63, 3.8) is 0 Å². The van der Waals surface area contributed by atoms with Crippen molar-refractivity contribution in [1.82, 2.24) is 29.8 Å². The van der Waals surface area contributed by atoms with E-state index in [0.29, 0.717) is 22.2 Å². The van der Waals surface area contributed by atoms with Crippen molar-refractivity contribution in [2.75, 3.05) is 0 Å². The summed E-state index contributed by atoms with van der Waals surface area (Å²) in [6.45, 7) is -0.0808. The van der Waals surface area contributed by atoms with Gasteiger partial charge in [0.15, 0.2) is 28.5 Å². The highest BCUT2D eigenvalue weighted by Gasteiger charge is 2.43. The van der Waals surface area contributed by atoms with Crippen LogP contribution in [0.5, 0.6) is 11.5 Å². The SMILES string of the molecule is Cn1c(=O)oc2ccc(CNC(=O)c3cc(C(=O)NCc4ccc5c(c4)OC(F)(F)O5)n4ncc(F)c4n3)cc21. The molecule has 2 N–H and O–H groups in total. The lowest BCUT2D eigenvalue weighted by Gasteiger charge is -2.10. The number of halogens is 3. The Balaban J connectivity index is 1.20. The van der Waals surface area contributed by atoms with Crippen LogP contribution < -0.4 is 25.9 Å². The second kappa shape index (κ2) is 9.14. The molecule has 5 aromatic rings. The van der Waals surface area contributed by atoms with E-state index in [1.54, 1.807) is 25.2 Å². The quantitative estimate of drug-likeness (QED) is 0.326. The molecule has 3 aromatic heterocycles. The molecule has 1 aliphatic rings. The van der Waals surface area contributed by atoms with Crippen LogP contribution in [0.15, 0.2) is 57.9 Å². The van der Waals surface area contributed by atoms with E-state index in [9.17, 15) is 27.6 Å². The summed E-state index contributed by atoms with van der Waals surface area (Å²) >= 11 is 0. The van der Waals surface area contributed by atoms with Gasteiger partial charge in [0.1, 0.15) is 11.4 Å². The molecule has 1 aliphatic heterocycles. The summed E-state index contributed by atoms with van der Waals surface area (Å²) in [5, 5.41) is 9.04. The van der Waals surface area contributed by atoms with E-state index in [2.05, 4.69) is 30.2 Å². The van der Waals surface area contributed by atoms with Crippen molar-refractivity contribution in [1.29, 1.82) is 0 Å². The van der Waals surface area contributed by atoms with Gasteiger partial charge in [0.05, 0.1) is 11.7 Å². The second-order valence-corrected chi connectivity index (χ2v) is 8.80. The van der Waals surface area contributed by atoms with Gasteiger partial charge in [-0.25, -0.2) is 18.7 Å². The van der Waals surface area contributed by atoms with E-state index >= 15 is 0 Å². The zero-order chi connectivity index (χ0) is 28.2. The number of carbonyl (C=O) groups is 2. The smallest absolute Gasteiger partial charge is 0.408 e. The maximum Gasteiger partial charge on any atom is 0.586 e. The molecule has 12 nitrogen and oxygen atoms in total. The van der Waals surface area contributed by atoms with Crippen LogP contribution in [-0.4, -0.2) is 37.3 Å². The van der Waals surface area contributed by atoms with Gasteiger partial charge in [-0.2, -0.15) is 5.10 Å². The largest absolute Gasteiger partial charge is 0.586 e. The minimum atomic E-state index is -3.78. The summed E-state index contributed by atoms with van der Waals surface area (Å²) in [7, 11) is 1.55. The first-order valence-corrected chi connectivity index (χ1v) is 11.7. The van der Waals surface area contributed by atoms with Crippen molar-refractivity contribution in [3.05, 3.63) is 87.5 Å². The average molecular weight is 554 g/mol. The average Bonchev–Trinajstić information content (AvgIpc) is 3.55. The lowest BCUT2D eigenvalue weighted by atomic mass is 10.2. The molecule has 0 unspecified atom stereocenters. The summed E-state index contributed by atoms with van der Waals surface area (Å²) in [6, 6.07) is 10.1. The molecular formula is C25H17F3N6O6. The van der Waals surface area contributed by atoms with Crippen molar-refractivity contribution in [2.45, 2.75) is 19.4 Å². The van der Waals surface area contributed by atoms with E-state index < -0.39 is 29.7 Å². The summed E-state index contributed by atoms with van der Waals surface area (Å²) in [5.74, 6) is -3.15. The van der Waals surface area contributed by atoms with Crippen molar-refractivity contribution < 1.29 is 36.7 Å². The highest BCUT2D eigenvalue weighted by atomic mass is 19.3. The van der Waals surface area contributed by atoms with Gasteiger partial charge in [-0.3, -0.25) is 14.2 Å². The van der Waals surface area contributed by atoms with Gasteiger partial charge in [0, 0.05) is 26.2 Å². The van der Waals surface area contributed by atoms with Crippen LogP contribution in [-0.2, 0) is 20.1 Å². The van der Waals surface area contributed by atoms with E-state index in [1.807, 2.05) is 0 Å². The van der Waals surface area contributed by atoms with Gasteiger partial charge < -0.3 is 24.5 Å². The number of aromatic nitrogens is 4. The maximum absolute atomic E-state index is 14.4. The molecule has 4 heterocycles. The Kier molecular flexibility index (Phi) is 5.71. The molecule has 0 radical (unpaired) electrons. The third kappa shape index (κ3) is 4.46. The number of oxazole rings is 1. The predicted molar refractivity (Wildman–Crippen MR) is 129 cm³/mol. The number of benzene rings is 2. The number of nitrogens with zero attached hydrogens (tertiary/aromatic N) is 4.